The summed E-state index contributed by atoms with van der Waals surface area (Å²) in [4.78, 5) is 1.13. The first-order chi connectivity index (χ1) is 8.58. The zero-order chi connectivity index (χ0) is 13.1. The minimum absolute atomic E-state index is 0.207. The van der Waals surface area contributed by atoms with Gasteiger partial charge in [0.05, 0.1) is 5.02 Å². The van der Waals surface area contributed by atoms with Gasteiger partial charge in [0, 0.05) is 16.3 Å². The van der Waals surface area contributed by atoms with Gasteiger partial charge in [-0.15, -0.1) is 11.8 Å². The first-order valence-electron chi connectivity index (χ1n) is 5.50. The standard InChI is InChI=1S/C14H13ClFNS/c1-9-7-11(17)5-6-13(9)18-8-10-3-2-4-12(16)14(10)15/h2-7H,8,17H2,1H3. The van der Waals surface area contributed by atoms with Crippen molar-refractivity contribution < 1.29 is 4.39 Å². The highest BCUT2D eigenvalue weighted by molar-refractivity contribution is 7.98. The van der Waals surface area contributed by atoms with Crippen molar-refractivity contribution in [2.45, 2.75) is 17.6 Å². The Kier molecular flexibility index (Phi) is 4.15. The molecule has 94 valence electrons. The Bertz CT molecular complexity index is 572. The third-order valence-corrected chi connectivity index (χ3v) is 4.26. The normalized spacial score (nSPS) is 10.6. The Morgan fingerprint density at radius 3 is 2.78 bits per heavy atom. The van der Waals surface area contributed by atoms with Crippen LogP contribution in [0.5, 0.6) is 0 Å². The van der Waals surface area contributed by atoms with E-state index in [-0.39, 0.29) is 10.8 Å². The molecule has 0 aliphatic heterocycles. The van der Waals surface area contributed by atoms with Gasteiger partial charge in [-0.05, 0) is 42.3 Å². The molecule has 0 amide bonds. The molecule has 2 aromatic carbocycles. The molecule has 0 spiro atoms. The zero-order valence-corrected chi connectivity index (χ0v) is 11.5. The van der Waals surface area contributed by atoms with Crippen LogP contribution in [0.25, 0.3) is 0 Å². The van der Waals surface area contributed by atoms with Crippen LogP contribution in [0, 0.1) is 12.7 Å². The summed E-state index contributed by atoms with van der Waals surface area (Å²) in [6.45, 7) is 2.01. The molecule has 0 aliphatic rings. The highest BCUT2D eigenvalue weighted by Crippen LogP contribution is 2.30. The average Bonchev–Trinajstić information content (AvgIpc) is 2.33. The van der Waals surface area contributed by atoms with Crippen LogP contribution in [0.15, 0.2) is 41.3 Å². The molecule has 0 radical (unpaired) electrons. The van der Waals surface area contributed by atoms with E-state index in [1.807, 2.05) is 31.2 Å². The van der Waals surface area contributed by atoms with Gasteiger partial charge in [-0.1, -0.05) is 23.7 Å². The lowest BCUT2D eigenvalue weighted by Gasteiger charge is -2.08. The summed E-state index contributed by atoms with van der Waals surface area (Å²) in [5.74, 6) is 0.269. The first kappa shape index (κ1) is 13.2. The molecule has 0 saturated heterocycles. The number of hydrogen-bond donors (Lipinski definition) is 1. The van der Waals surface area contributed by atoms with Gasteiger partial charge in [0.2, 0.25) is 0 Å². The van der Waals surface area contributed by atoms with Crippen LogP contribution >= 0.6 is 23.4 Å². The van der Waals surface area contributed by atoms with E-state index in [0.717, 1.165) is 21.7 Å². The SMILES string of the molecule is Cc1cc(N)ccc1SCc1cccc(F)c1Cl. The third-order valence-electron chi connectivity index (χ3n) is 2.61. The van der Waals surface area contributed by atoms with Gasteiger partial charge in [0.15, 0.2) is 0 Å². The van der Waals surface area contributed by atoms with Crippen LogP contribution in [-0.4, -0.2) is 0 Å². The highest BCUT2D eigenvalue weighted by atomic mass is 35.5. The second-order valence-corrected chi connectivity index (χ2v) is 5.42. The number of rotatable bonds is 3. The third kappa shape index (κ3) is 2.98. The lowest BCUT2D eigenvalue weighted by Crippen LogP contribution is -1.89. The molecule has 0 aromatic heterocycles. The number of hydrogen-bond acceptors (Lipinski definition) is 2. The van der Waals surface area contributed by atoms with Crippen molar-refractivity contribution in [2.24, 2.45) is 0 Å². The summed E-state index contributed by atoms with van der Waals surface area (Å²) in [6, 6.07) is 10.6. The Labute approximate surface area is 115 Å². The smallest absolute Gasteiger partial charge is 0.142 e. The predicted molar refractivity (Wildman–Crippen MR) is 76.6 cm³/mol. The van der Waals surface area contributed by atoms with E-state index >= 15 is 0 Å². The number of nitrogen functional groups attached to an aromatic ring is 1. The lowest BCUT2D eigenvalue weighted by atomic mass is 10.2. The summed E-state index contributed by atoms with van der Waals surface area (Å²) < 4.78 is 13.3. The molecule has 2 rings (SSSR count). The average molecular weight is 282 g/mol. The fraction of sp³-hybridized carbons (Fsp3) is 0.143. The number of thioether (sulfide) groups is 1. The first-order valence-corrected chi connectivity index (χ1v) is 6.86. The second kappa shape index (κ2) is 5.63. The van der Waals surface area contributed by atoms with Crippen molar-refractivity contribution in [2.75, 3.05) is 5.73 Å². The topological polar surface area (TPSA) is 26.0 Å². The Morgan fingerprint density at radius 2 is 2.06 bits per heavy atom. The van der Waals surface area contributed by atoms with Crippen molar-refractivity contribution in [1.82, 2.24) is 0 Å². The van der Waals surface area contributed by atoms with E-state index < -0.39 is 0 Å². The second-order valence-electron chi connectivity index (χ2n) is 4.03. The minimum atomic E-state index is -0.371. The maximum absolute atomic E-state index is 13.3. The van der Waals surface area contributed by atoms with E-state index in [0.29, 0.717) is 5.75 Å². The Morgan fingerprint density at radius 1 is 1.28 bits per heavy atom. The number of benzene rings is 2. The number of anilines is 1. The quantitative estimate of drug-likeness (QED) is 0.654. The fourth-order valence-electron chi connectivity index (χ4n) is 1.65. The molecular weight excluding hydrogens is 269 g/mol. The summed E-state index contributed by atoms with van der Waals surface area (Å²) >= 11 is 7.54. The maximum Gasteiger partial charge on any atom is 0.142 e. The van der Waals surface area contributed by atoms with E-state index in [2.05, 4.69) is 0 Å². The Balaban J connectivity index is 2.14. The summed E-state index contributed by atoms with van der Waals surface area (Å²) in [5.41, 5.74) is 8.37. The van der Waals surface area contributed by atoms with Crippen molar-refractivity contribution >= 4 is 29.1 Å². The van der Waals surface area contributed by atoms with Crippen LogP contribution in [0.4, 0.5) is 10.1 Å². The highest BCUT2D eigenvalue weighted by Gasteiger charge is 2.07. The predicted octanol–water partition coefficient (Wildman–Crippen LogP) is 4.66. The monoisotopic (exact) mass is 281 g/mol. The van der Waals surface area contributed by atoms with Gasteiger partial charge in [-0.25, -0.2) is 4.39 Å². The van der Waals surface area contributed by atoms with Gasteiger partial charge in [0.1, 0.15) is 5.82 Å². The van der Waals surface area contributed by atoms with Crippen LogP contribution in [0.2, 0.25) is 5.02 Å². The molecule has 0 atom stereocenters. The molecule has 0 aliphatic carbocycles. The molecule has 0 bridgehead atoms. The number of halogens is 2. The van der Waals surface area contributed by atoms with E-state index in [1.165, 1.54) is 6.07 Å². The molecule has 1 nitrogen and oxygen atoms in total. The van der Waals surface area contributed by atoms with Crippen LogP contribution in [0.3, 0.4) is 0 Å². The van der Waals surface area contributed by atoms with Gasteiger partial charge in [-0.3, -0.25) is 0 Å². The van der Waals surface area contributed by atoms with Crippen LogP contribution < -0.4 is 5.73 Å². The molecule has 18 heavy (non-hydrogen) atoms. The van der Waals surface area contributed by atoms with E-state index in [9.17, 15) is 4.39 Å². The summed E-state index contributed by atoms with van der Waals surface area (Å²) in [6.07, 6.45) is 0. The zero-order valence-electron chi connectivity index (χ0n) is 9.91. The molecule has 2 aromatic rings. The Hall–Kier alpha value is -1.19. The minimum Gasteiger partial charge on any atom is -0.399 e. The lowest BCUT2D eigenvalue weighted by molar-refractivity contribution is 0.627. The molecule has 0 fully saturated rings. The summed E-state index contributed by atoms with van der Waals surface area (Å²) in [7, 11) is 0. The summed E-state index contributed by atoms with van der Waals surface area (Å²) in [5, 5.41) is 0.207. The van der Waals surface area contributed by atoms with Gasteiger partial charge < -0.3 is 5.73 Å². The molecule has 0 unspecified atom stereocenters. The van der Waals surface area contributed by atoms with Crippen molar-refractivity contribution in [3.63, 3.8) is 0 Å². The maximum atomic E-state index is 13.3. The van der Waals surface area contributed by atoms with Gasteiger partial charge in [0.25, 0.3) is 0 Å². The number of nitrogens with two attached hydrogens (primary N) is 1. The molecule has 0 heterocycles. The van der Waals surface area contributed by atoms with E-state index in [4.69, 9.17) is 17.3 Å². The fourth-order valence-corrected chi connectivity index (χ4v) is 2.92. The van der Waals surface area contributed by atoms with Crippen molar-refractivity contribution in [1.29, 1.82) is 0 Å². The number of aryl methyl sites for hydroxylation is 1. The van der Waals surface area contributed by atoms with Gasteiger partial charge in [-0.2, -0.15) is 0 Å². The largest absolute Gasteiger partial charge is 0.399 e. The van der Waals surface area contributed by atoms with Crippen molar-refractivity contribution in [3.8, 4) is 0 Å². The molecule has 4 heteroatoms. The molecular formula is C14H13ClFNS. The van der Waals surface area contributed by atoms with Crippen LogP contribution in [0.1, 0.15) is 11.1 Å². The van der Waals surface area contributed by atoms with E-state index in [1.54, 1.807) is 17.8 Å². The van der Waals surface area contributed by atoms with Gasteiger partial charge >= 0.3 is 0 Å². The van der Waals surface area contributed by atoms with Crippen molar-refractivity contribution in [3.05, 3.63) is 58.4 Å². The molecule has 2 N–H and O–H groups in total. The molecule has 0 saturated carbocycles. The van der Waals surface area contributed by atoms with Crippen LogP contribution in [-0.2, 0) is 5.75 Å².